The summed E-state index contributed by atoms with van der Waals surface area (Å²) >= 11 is 0. The highest BCUT2D eigenvalue weighted by molar-refractivity contribution is 5.80. The van der Waals surface area contributed by atoms with Crippen LogP contribution in [0.3, 0.4) is 0 Å². The molecule has 0 amide bonds. The molecule has 3 aromatic rings. The van der Waals surface area contributed by atoms with E-state index in [1.165, 1.54) is 0 Å². The highest BCUT2D eigenvalue weighted by atomic mass is 16.3. The van der Waals surface area contributed by atoms with Gasteiger partial charge in [0.15, 0.2) is 11.5 Å². The van der Waals surface area contributed by atoms with Gasteiger partial charge in [-0.05, 0) is 10.7 Å². The van der Waals surface area contributed by atoms with Gasteiger partial charge < -0.3 is 5.32 Å². The summed E-state index contributed by atoms with van der Waals surface area (Å²) in [6.45, 7) is 0.586. The molecule has 0 aliphatic heterocycles. The van der Waals surface area contributed by atoms with Crippen molar-refractivity contribution < 1.29 is 0 Å². The van der Waals surface area contributed by atoms with Crippen LogP contribution in [0.2, 0.25) is 0 Å². The van der Waals surface area contributed by atoms with Crippen molar-refractivity contribution in [1.82, 2.24) is 10.2 Å². The minimum atomic E-state index is 0.303. The van der Waals surface area contributed by atoms with E-state index in [9.17, 15) is 4.91 Å². The van der Waals surface area contributed by atoms with Crippen molar-refractivity contribution in [3.05, 3.63) is 71.1 Å². The summed E-state index contributed by atoms with van der Waals surface area (Å²) in [5, 5.41) is 13.3. The molecule has 0 fully saturated rings. The largest absolute Gasteiger partial charge is 0.363 e. The van der Waals surface area contributed by atoms with Gasteiger partial charge in [0.25, 0.3) is 0 Å². The van der Waals surface area contributed by atoms with Crippen LogP contribution in [0.4, 0.5) is 11.5 Å². The van der Waals surface area contributed by atoms with E-state index in [1.807, 2.05) is 60.7 Å². The van der Waals surface area contributed by atoms with Crippen molar-refractivity contribution in [2.24, 2.45) is 5.18 Å². The van der Waals surface area contributed by atoms with Gasteiger partial charge in [-0.15, -0.1) is 4.91 Å². The topological polar surface area (TPSA) is 70.1 Å². The van der Waals surface area contributed by atoms with Crippen LogP contribution in [0.15, 0.2) is 65.8 Å². The third-order valence-corrected chi connectivity index (χ3v) is 3.20. The van der Waals surface area contributed by atoms with Crippen molar-refractivity contribution in [3.8, 4) is 11.3 Å². The van der Waals surface area contributed by atoms with Crippen LogP contribution in [-0.2, 0) is 6.54 Å². The molecule has 2 N–H and O–H groups in total. The minimum absolute atomic E-state index is 0.303. The predicted molar refractivity (Wildman–Crippen MR) is 83.2 cm³/mol. The van der Waals surface area contributed by atoms with E-state index in [0.29, 0.717) is 23.7 Å². The lowest BCUT2D eigenvalue weighted by Gasteiger charge is -2.03. The fraction of sp³-hybridized carbons (Fsp3) is 0.0625. The summed E-state index contributed by atoms with van der Waals surface area (Å²) < 4.78 is 0. The van der Waals surface area contributed by atoms with Crippen LogP contribution in [0.1, 0.15) is 5.56 Å². The lowest BCUT2D eigenvalue weighted by atomic mass is 10.1. The predicted octanol–water partition coefficient (Wildman–Crippen LogP) is 4.09. The van der Waals surface area contributed by atoms with Crippen LogP contribution < -0.4 is 5.32 Å². The van der Waals surface area contributed by atoms with E-state index in [0.717, 1.165) is 11.1 Å². The Morgan fingerprint density at radius 1 is 1.00 bits per heavy atom. The van der Waals surface area contributed by atoms with Gasteiger partial charge in [-0.25, -0.2) is 0 Å². The van der Waals surface area contributed by atoms with Crippen LogP contribution in [0, 0.1) is 4.91 Å². The van der Waals surface area contributed by atoms with E-state index in [2.05, 4.69) is 20.7 Å². The fourth-order valence-corrected chi connectivity index (χ4v) is 2.14. The molecular weight excluding hydrogens is 264 g/mol. The number of hydrogen-bond donors (Lipinski definition) is 2. The highest BCUT2D eigenvalue weighted by Gasteiger charge is 2.15. The van der Waals surface area contributed by atoms with Crippen LogP contribution in [0.25, 0.3) is 11.3 Å². The Hall–Kier alpha value is -2.95. The van der Waals surface area contributed by atoms with E-state index in [-0.39, 0.29) is 0 Å². The van der Waals surface area contributed by atoms with Gasteiger partial charge in [0, 0.05) is 12.1 Å². The molecule has 0 unspecified atom stereocenters. The lowest BCUT2D eigenvalue weighted by molar-refractivity contribution is 1.05. The number of H-pyrrole nitrogens is 1. The third-order valence-electron chi connectivity index (χ3n) is 3.20. The Morgan fingerprint density at radius 3 is 2.33 bits per heavy atom. The first-order valence-electron chi connectivity index (χ1n) is 6.63. The molecule has 0 aliphatic rings. The maximum atomic E-state index is 11.1. The molecule has 21 heavy (non-hydrogen) atoms. The Balaban J connectivity index is 1.84. The molecule has 0 saturated heterocycles. The highest BCUT2D eigenvalue weighted by Crippen LogP contribution is 2.34. The molecule has 0 atom stereocenters. The quantitative estimate of drug-likeness (QED) is 0.691. The number of nitrogens with zero attached hydrogens (tertiary/aromatic N) is 2. The number of nitrogens with one attached hydrogen (secondary N) is 2. The molecule has 1 aromatic heterocycles. The first kappa shape index (κ1) is 13.1. The molecule has 104 valence electrons. The molecule has 5 nitrogen and oxygen atoms in total. The van der Waals surface area contributed by atoms with Crippen molar-refractivity contribution in [3.63, 3.8) is 0 Å². The summed E-state index contributed by atoms with van der Waals surface area (Å²) in [7, 11) is 0. The van der Waals surface area contributed by atoms with Crippen molar-refractivity contribution in [2.45, 2.75) is 6.54 Å². The number of hydrogen-bond acceptors (Lipinski definition) is 4. The molecule has 5 heteroatoms. The second-order valence-electron chi connectivity index (χ2n) is 4.59. The smallest absolute Gasteiger partial charge is 0.178 e. The van der Waals surface area contributed by atoms with E-state index >= 15 is 0 Å². The Kier molecular flexibility index (Phi) is 3.73. The van der Waals surface area contributed by atoms with Gasteiger partial charge in [0.1, 0.15) is 0 Å². The SMILES string of the molecule is O=Nc1c(NCc2ccccc2)n[nH]c1-c1ccccc1. The number of benzene rings is 2. The summed E-state index contributed by atoms with van der Waals surface area (Å²) in [6.07, 6.45) is 0. The van der Waals surface area contributed by atoms with Gasteiger partial charge in [0.2, 0.25) is 0 Å². The number of aromatic nitrogens is 2. The maximum Gasteiger partial charge on any atom is 0.178 e. The summed E-state index contributed by atoms with van der Waals surface area (Å²) in [6, 6.07) is 19.5. The zero-order chi connectivity index (χ0) is 14.5. The molecule has 0 bridgehead atoms. The monoisotopic (exact) mass is 278 g/mol. The maximum absolute atomic E-state index is 11.1. The third kappa shape index (κ3) is 2.81. The van der Waals surface area contributed by atoms with Gasteiger partial charge in [-0.2, -0.15) is 5.10 Å². The van der Waals surface area contributed by atoms with E-state index in [4.69, 9.17) is 0 Å². The standard InChI is InChI=1S/C16H14N4O/c21-20-15-14(13-9-5-2-6-10-13)18-19-16(15)17-11-12-7-3-1-4-8-12/h1-10H,11H2,(H2,17,18,19). The number of nitroso groups, excluding NO2 is 1. The summed E-state index contributed by atoms with van der Waals surface area (Å²) in [5.74, 6) is 0.465. The lowest BCUT2D eigenvalue weighted by Crippen LogP contribution is -1.99. The average molecular weight is 278 g/mol. The minimum Gasteiger partial charge on any atom is -0.363 e. The van der Waals surface area contributed by atoms with E-state index < -0.39 is 0 Å². The normalized spacial score (nSPS) is 10.3. The van der Waals surface area contributed by atoms with Gasteiger partial charge >= 0.3 is 0 Å². The van der Waals surface area contributed by atoms with Gasteiger partial charge in [0.05, 0.1) is 5.69 Å². The van der Waals surface area contributed by atoms with Crippen molar-refractivity contribution >= 4 is 11.5 Å². The van der Waals surface area contributed by atoms with Gasteiger partial charge in [-0.1, -0.05) is 60.7 Å². The first-order valence-corrected chi connectivity index (χ1v) is 6.63. The molecule has 1 heterocycles. The summed E-state index contributed by atoms with van der Waals surface area (Å²) in [5.41, 5.74) is 2.92. The zero-order valence-corrected chi connectivity index (χ0v) is 11.3. The molecule has 0 radical (unpaired) electrons. The number of anilines is 1. The van der Waals surface area contributed by atoms with Crippen LogP contribution >= 0.6 is 0 Å². The molecule has 0 aliphatic carbocycles. The second-order valence-corrected chi connectivity index (χ2v) is 4.59. The van der Waals surface area contributed by atoms with Crippen LogP contribution in [0.5, 0.6) is 0 Å². The molecule has 2 aromatic carbocycles. The zero-order valence-electron chi connectivity index (χ0n) is 11.3. The van der Waals surface area contributed by atoms with E-state index in [1.54, 1.807) is 0 Å². The Bertz CT molecular complexity index is 723. The Labute approximate surface area is 122 Å². The molecule has 0 spiro atoms. The first-order chi connectivity index (χ1) is 10.4. The number of rotatable bonds is 5. The summed E-state index contributed by atoms with van der Waals surface area (Å²) in [4.78, 5) is 11.1. The molecular formula is C16H14N4O. The number of aromatic amines is 1. The molecule has 0 saturated carbocycles. The Morgan fingerprint density at radius 2 is 1.67 bits per heavy atom. The van der Waals surface area contributed by atoms with Crippen molar-refractivity contribution in [1.29, 1.82) is 0 Å². The van der Waals surface area contributed by atoms with Crippen molar-refractivity contribution in [2.75, 3.05) is 5.32 Å². The van der Waals surface area contributed by atoms with Crippen LogP contribution in [-0.4, -0.2) is 10.2 Å². The molecule has 3 rings (SSSR count). The average Bonchev–Trinajstić information content (AvgIpc) is 2.97. The second kappa shape index (κ2) is 6.00. The van der Waals surface area contributed by atoms with Gasteiger partial charge in [-0.3, -0.25) is 5.10 Å². The fourth-order valence-electron chi connectivity index (χ4n) is 2.14.